The molecule has 116 valence electrons. The Balaban J connectivity index is 2.05. The molecule has 1 aliphatic carbocycles. The van der Waals surface area contributed by atoms with Crippen LogP contribution in [-0.4, -0.2) is 11.0 Å². The van der Waals surface area contributed by atoms with Crippen molar-refractivity contribution < 1.29 is 4.92 Å². The highest BCUT2D eigenvalue weighted by Gasteiger charge is 2.20. The number of hydrogen-bond donors (Lipinski definition) is 1. The summed E-state index contributed by atoms with van der Waals surface area (Å²) < 4.78 is 0. The van der Waals surface area contributed by atoms with Gasteiger partial charge in [-0.25, -0.2) is 0 Å². The quantitative estimate of drug-likeness (QED) is 0.489. The standard InChI is InChI=1S/C17H26N2O2/c1-3-17(14-7-5-9-16(12-14)19(20)21)18-15-8-4-6-13(2)10-11-15/h5,7,9,12-13,15,17-18H,3-4,6,8,10-11H2,1-2H3. The summed E-state index contributed by atoms with van der Waals surface area (Å²) in [7, 11) is 0. The molecule has 1 saturated carbocycles. The highest BCUT2D eigenvalue weighted by Crippen LogP contribution is 2.27. The summed E-state index contributed by atoms with van der Waals surface area (Å²) in [6, 6.07) is 7.80. The van der Waals surface area contributed by atoms with Gasteiger partial charge in [-0.2, -0.15) is 0 Å². The summed E-state index contributed by atoms with van der Waals surface area (Å²) in [6.45, 7) is 4.47. The lowest BCUT2D eigenvalue weighted by atomic mass is 10.00. The van der Waals surface area contributed by atoms with Crippen LogP contribution in [0.4, 0.5) is 5.69 Å². The van der Waals surface area contributed by atoms with E-state index < -0.39 is 0 Å². The van der Waals surface area contributed by atoms with Crippen molar-refractivity contribution in [3.05, 3.63) is 39.9 Å². The third-order valence-corrected chi connectivity index (χ3v) is 4.59. The van der Waals surface area contributed by atoms with Gasteiger partial charge in [0, 0.05) is 24.2 Å². The molecule has 1 N–H and O–H groups in total. The van der Waals surface area contributed by atoms with Crippen molar-refractivity contribution in [3.8, 4) is 0 Å². The SMILES string of the molecule is CCC(NC1CCCC(C)CC1)c1cccc([N+](=O)[O-])c1. The van der Waals surface area contributed by atoms with Gasteiger partial charge < -0.3 is 5.32 Å². The third-order valence-electron chi connectivity index (χ3n) is 4.59. The first-order chi connectivity index (χ1) is 10.1. The highest BCUT2D eigenvalue weighted by atomic mass is 16.6. The molecule has 4 nitrogen and oxygen atoms in total. The van der Waals surface area contributed by atoms with Gasteiger partial charge in [0.25, 0.3) is 5.69 Å². The molecule has 1 aliphatic rings. The van der Waals surface area contributed by atoms with E-state index in [9.17, 15) is 10.1 Å². The molecule has 0 heterocycles. The molecule has 3 atom stereocenters. The zero-order valence-corrected chi connectivity index (χ0v) is 13.0. The van der Waals surface area contributed by atoms with Crippen molar-refractivity contribution in [2.75, 3.05) is 0 Å². The molecule has 4 heteroatoms. The Kier molecular flexibility index (Phi) is 5.74. The van der Waals surface area contributed by atoms with Crippen molar-refractivity contribution in [2.45, 2.75) is 64.5 Å². The van der Waals surface area contributed by atoms with Crippen LogP contribution in [0, 0.1) is 16.0 Å². The Morgan fingerprint density at radius 1 is 1.33 bits per heavy atom. The Morgan fingerprint density at radius 3 is 2.86 bits per heavy atom. The van der Waals surface area contributed by atoms with Crippen LogP contribution >= 0.6 is 0 Å². The molecule has 0 aromatic heterocycles. The largest absolute Gasteiger partial charge is 0.307 e. The number of benzene rings is 1. The van der Waals surface area contributed by atoms with Crippen LogP contribution < -0.4 is 5.32 Å². The summed E-state index contributed by atoms with van der Waals surface area (Å²) in [6.07, 6.45) is 7.27. The predicted octanol–water partition coefficient (Wildman–Crippen LogP) is 4.60. The molecule has 0 spiro atoms. The Labute approximate surface area is 127 Å². The summed E-state index contributed by atoms with van der Waals surface area (Å²) >= 11 is 0. The average Bonchev–Trinajstić information content (AvgIpc) is 2.69. The number of non-ortho nitro benzene ring substituents is 1. The summed E-state index contributed by atoms with van der Waals surface area (Å²) in [5.41, 5.74) is 1.21. The molecule has 0 aliphatic heterocycles. The lowest BCUT2D eigenvalue weighted by molar-refractivity contribution is -0.384. The van der Waals surface area contributed by atoms with Crippen molar-refractivity contribution in [2.24, 2.45) is 5.92 Å². The fraction of sp³-hybridized carbons (Fsp3) is 0.647. The number of hydrogen-bond acceptors (Lipinski definition) is 3. The second-order valence-corrected chi connectivity index (χ2v) is 6.29. The molecule has 0 amide bonds. The zero-order chi connectivity index (χ0) is 15.2. The molecule has 1 aromatic carbocycles. The second kappa shape index (κ2) is 7.55. The van der Waals surface area contributed by atoms with Crippen molar-refractivity contribution in [1.29, 1.82) is 0 Å². The van der Waals surface area contributed by atoms with E-state index in [4.69, 9.17) is 0 Å². The van der Waals surface area contributed by atoms with Gasteiger partial charge >= 0.3 is 0 Å². The maximum absolute atomic E-state index is 10.9. The fourth-order valence-electron chi connectivity index (χ4n) is 3.24. The first kappa shape index (κ1) is 16.0. The van der Waals surface area contributed by atoms with Crippen LogP contribution in [-0.2, 0) is 0 Å². The molecule has 21 heavy (non-hydrogen) atoms. The van der Waals surface area contributed by atoms with Gasteiger partial charge in [-0.3, -0.25) is 10.1 Å². The number of nitrogens with one attached hydrogen (secondary N) is 1. The smallest absolute Gasteiger partial charge is 0.269 e. The van der Waals surface area contributed by atoms with Crippen LogP contribution in [0.25, 0.3) is 0 Å². The van der Waals surface area contributed by atoms with Gasteiger partial charge in [0.15, 0.2) is 0 Å². The van der Waals surface area contributed by atoms with E-state index in [-0.39, 0.29) is 16.7 Å². The number of nitro groups is 1. The summed E-state index contributed by atoms with van der Waals surface area (Å²) in [5, 5.41) is 14.6. The maximum atomic E-state index is 10.9. The molecule has 3 unspecified atom stereocenters. The minimum absolute atomic E-state index is 0.183. The summed E-state index contributed by atoms with van der Waals surface area (Å²) in [5.74, 6) is 0.828. The predicted molar refractivity (Wildman–Crippen MR) is 85.3 cm³/mol. The molecule has 1 fully saturated rings. The van der Waals surface area contributed by atoms with E-state index >= 15 is 0 Å². The first-order valence-electron chi connectivity index (χ1n) is 8.10. The van der Waals surface area contributed by atoms with Gasteiger partial charge in [-0.1, -0.05) is 38.8 Å². The maximum Gasteiger partial charge on any atom is 0.269 e. The van der Waals surface area contributed by atoms with Gasteiger partial charge in [0.1, 0.15) is 0 Å². The monoisotopic (exact) mass is 290 g/mol. The highest BCUT2D eigenvalue weighted by molar-refractivity contribution is 5.35. The molecule has 0 saturated heterocycles. The number of nitrogens with zero attached hydrogens (tertiary/aromatic N) is 1. The van der Waals surface area contributed by atoms with Gasteiger partial charge in [-0.15, -0.1) is 0 Å². The van der Waals surface area contributed by atoms with E-state index in [0.717, 1.165) is 17.9 Å². The second-order valence-electron chi connectivity index (χ2n) is 6.29. The Hall–Kier alpha value is -1.42. The average molecular weight is 290 g/mol. The molecular weight excluding hydrogens is 264 g/mol. The number of rotatable bonds is 5. The van der Waals surface area contributed by atoms with E-state index in [1.807, 2.05) is 6.07 Å². The third kappa shape index (κ3) is 4.53. The Bertz CT molecular complexity index is 476. The Morgan fingerprint density at radius 2 is 2.14 bits per heavy atom. The topological polar surface area (TPSA) is 55.2 Å². The summed E-state index contributed by atoms with van der Waals surface area (Å²) in [4.78, 5) is 10.6. The molecule has 1 aromatic rings. The van der Waals surface area contributed by atoms with Gasteiger partial charge in [-0.05, 0) is 37.2 Å². The lowest BCUT2D eigenvalue weighted by Gasteiger charge is -2.24. The van der Waals surface area contributed by atoms with E-state index in [2.05, 4.69) is 19.2 Å². The fourth-order valence-corrected chi connectivity index (χ4v) is 3.24. The van der Waals surface area contributed by atoms with Crippen LogP contribution in [0.2, 0.25) is 0 Å². The van der Waals surface area contributed by atoms with Crippen molar-refractivity contribution >= 4 is 5.69 Å². The minimum Gasteiger partial charge on any atom is -0.307 e. The van der Waals surface area contributed by atoms with Crippen molar-refractivity contribution in [3.63, 3.8) is 0 Å². The van der Waals surface area contributed by atoms with Crippen molar-refractivity contribution in [1.82, 2.24) is 5.32 Å². The van der Waals surface area contributed by atoms with Crippen LogP contribution in [0.5, 0.6) is 0 Å². The van der Waals surface area contributed by atoms with E-state index in [0.29, 0.717) is 6.04 Å². The van der Waals surface area contributed by atoms with E-state index in [1.165, 1.54) is 32.1 Å². The normalized spacial score (nSPS) is 24.3. The first-order valence-corrected chi connectivity index (χ1v) is 8.10. The number of nitro benzene ring substituents is 1. The lowest BCUT2D eigenvalue weighted by Crippen LogP contribution is -2.32. The van der Waals surface area contributed by atoms with Crippen LogP contribution in [0.1, 0.15) is 64.0 Å². The molecular formula is C17H26N2O2. The zero-order valence-electron chi connectivity index (χ0n) is 13.0. The molecule has 0 radical (unpaired) electrons. The van der Waals surface area contributed by atoms with Crippen LogP contribution in [0.3, 0.4) is 0 Å². The van der Waals surface area contributed by atoms with Gasteiger partial charge in [0.05, 0.1) is 4.92 Å². The van der Waals surface area contributed by atoms with Crippen LogP contribution in [0.15, 0.2) is 24.3 Å². The van der Waals surface area contributed by atoms with E-state index in [1.54, 1.807) is 18.2 Å². The van der Waals surface area contributed by atoms with Gasteiger partial charge in [0.2, 0.25) is 0 Å². The molecule has 0 bridgehead atoms. The molecule has 2 rings (SSSR count). The minimum atomic E-state index is -0.316.